The number of anilines is 1. The molecule has 0 fully saturated rings. The number of hydrogen-bond acceptors (Lipinski definition) is 4. The number of ether oxygens (including phenoxy) is 1. The molecule has 2 aliphatic rings. The summed E-state index contributed by atoms with van der Waals surface area (Å²) in [5.41, 5.74) is 4.39. The average Bonchev–Trinajstić information content (AvgIpc) is 3.27. The third kappa shape index (κ3) is 3.47. The zero-order valence-electron chi connectivity index (χ0n) is 16.8. The molecular weight excluding hydrogens is 502 g/mol. The van der Waals surface area contributed by atoms with Gasteiger partial charge in [0.25, 0.3) is 0 Å². The van der Waals surface area contributed by atoms with E-state index >= 15 is 0 Å². The Labute approximate surface area is 209 Å². The first-order valence-electron chi connectivity index (χ1n) is 10.1. The zero-order valence-corrected chi connectivity index (χ0v) is 19.8. The Morgan fingerprint density at radius 1 is 0.848 bits per heavy atom. The van der Waals surface area contributed by atoms with Gasteiger partial charge in [0.1, 0.15) is 24.2 Å². The predicted octanol–water partition coefficient (Wildman–Crippen LogP) is 7.45. The topological polar surface area (TPSA) is 52.0 Å². The molecule has 0 spiro atoms. The van der Waals surface area contributed by atoms with Crippen molar-refractivity contribution in [3.63, 3.8) is 0 Å². The molecule has 3 aromatic carbocycles. The fourth-order valence-electron chi connectivity index (χ4n) is 4.38. The van der Waals surface area contributed by atoms with Gasteiger partial charge in [-0.3, -0.25) is 0 Å². The summed E-state index contributed by atoms with van der Waals surface area (Å²) in [6.45, 7) is 0. The van der Waals surface area contributed by atoms with E-state index in [1.807, 2.05) is 54.6 Å². The van der Waals surface area contributed by atoms with Gasteiger partial charge >= 0.3 is 0 Å². The highest BCUT2D eigenvalue weighted by Gasteiger charge is 2.41. The maximum atomic E-state index is 6.70. The summed E-state index contributed by atoms with van der Waals surface area (Å²) in [6.07, 6.45) is 1.07. The maximum absolute atomic E-state index is 6.70. The van der Waals surface area contributed by atoms with Crippen molar-refractivity contribution in [2.45, 2.75) is 12.1 Å². The first kappa shape index (κ1) is 20.9. The van der Waals surface area contributed by atoms with Crippen molar-refractivity contribution in [2.75, 3.05) is 5.32 Å². The molecule has 1 aromatic heterocycles. The van der Waals surface area contributed by atoms with Gasteiger partial charge in [0.15, 0.2) is 0 Å². The summed E-state index contributed by atoms with van der Waals surface area (Å²) in [5.74, 6) is 1.30. The lowest BCUT2D eigenvalue weighted by atomic mass is 9.84. The van der Waals surface area contributed by atoms with Crippen LogP contribution in [0.1, 0.15) is 28.8 Å². The Morgan fingerprint density at radius 3 is 2.36 bits per heavy atom. The monoisotopic (exact) mass is 514 g/mol. The second kappa shape index (κ2) is 7.96. The molecule has 164 valence electrons. The Kier molecular flexibility index (Phi) is 5.03. The van der Waals surface area contributed by atoms with Gasteiger partial charge in [0.05, 0.1) is 5.70 Å². The third-order valence-electron chi connectivity index (χ3n) is 5.81. The molecule has 0 saturated carbocycles. The molecule has 0 radical (unpaired) electrons. The minimum atomic E-state index is -0.437. The van der Waals surface area contributed by atoms with Crippen LogP contribution in [0.4, 0.5) is 5.95 Å². The van der Waals surface area contributed by atoms with E-state index in [0.29, 0.717) is 31.8 Å². The summed E-state index contributed by atoms with van der Waals surface area (Å²) < 4.78 is 8.36. The Balaban J connectivity index is 1.65. The lowest BCUT2D eigenvalue weighted by Gasteiger charge is -2.39. The number of nitrogens with zero attached hydrogens (tertiary/aromatic N) is 3. The first-order valence-corrected chi connectivity index (χ1v) is 11.6. The first-order chi connectivity index (χ1) is 16.0. The van der Waals surface area contributed by atoms with E-state index < -0.39 is 12.1 Å². The molecule has 0 bridgehead atoms. The molecule has 0 unspecified atom stereocenters. The minimum Gasteiger partial charge on any atom is -0.480 e. The molecule has 5 nitrogen and oxygen atoms in total. The Morgan fingerprint density at radius 2 is 1.58 bits per heavy atom. The highest BCUT2D eigenvalue weighted by Crippen LogP contribution is 2.52. The second-order valence-corrected chi connectivity index (χ2v) is 9.46. The van der Waals surface area contributed by atoms with Crippen LogP contribution in [0.2, 0.25) is 20.1 Å². The van der Waals surface area contributed by atoms with Gasteiger partial charge in [-0.1, -0.05) is 64.6 Å². The number of aromatic nitrogens is 3. The normalized spacial score (nSPS) is 18.7. The highest BCUT2D eigenvalue weighted by atomic mass is 35.5. The maximum Gasteiger partial charge on any atom is 0.226 e. The smallest absolute Gasteiger partial charge is 0.226 e. The third-order valence-corrected chi connectivity index (χ3v) is 6.86. The molecule has 2 atom stereocenters. The molecule has 4 aromatic rings. The van der Waals surface area contributed by atoms with Crippen molar-refractivity contribution in [3.8, 4) is 5.75 Å². The zero-order chi connectivity index (χ0) is 22.7. The van der Waals surface area contributed by atoms with Gasteiger partial charge in [-0.05, 0) is 53.6 Å². The van der Waals surface area contributed by atoms with E-state index in [1.165, 1.54) is 6.33 Å². The molecule has 9 heteroatoms. The van der Waals surface area contributed by atoms with E-state index in [9.17, 15) is 0 Å². The van der Waals surface area contributed by atoms with Crippen molar-refractivity contribution in [2.24, 2.45) is 0 Å². The van der Waals surface area contributed by atoms with Crippen molar-refractivity contribution in [3.05, 3.63) is 109 Å². The number of fused-ring (bicyclic) bond motifs is 3. The highest BCUT2D eigenvalue weighted by molar-refractivity contribution is 6.35. The molecule has 0 saturated heterocycles. The number of nitrogens with one attached hydrogen (secondary N) is 1. The lowest BCUT2D eigenvalue weighted by Crippen LogP contribution is -2.32. The van der Waals surface area contributed by atoms with E-state index in [2.05, 4.69) is 15.4 Å². The summed E-state index contributed by atoms with van der Waals surface area (Å²) >= 11 is 25.4. The van der Waals surface area contributed by atoms with Crippen LogP contribution in [0, 0.1) is 0 Å². The molecule has 2 aliphatic heterocycles. The van der Waals surface area contributed by atoms with Gasteiger partial charge in [-0.25, -0.2) is 4.68 Å². The van der Waals surface area contributed by atoms with Gasteiger partial charge in [-0.2, -0.15) is 10.1 Å². The predicted molar refractivity (Wildman–Crippen MR) is 131 cm³/mol. The van der Waals surface area contributed by atoms with E-state index in [-0.39, 0.29) is 0 Å². The molecule has 33 heavy (non-hydrogen) atoms. The number of hydrogen-bond donors (Lipinski definition) is 1. The largest absolute Gasteiger partial charge is 0.480 e. The minimum absolute atomic E-state index is 0.392. The van der Waals surface area contributed by atoms with Gasteiger partial charge < -0.3 is 10.1 Å². The summed E-state index contributed by atoms with van der Waals surface area (Å²) in [7, 11) is 0. The lowest BCUT2D eigenvalue weighted by molar-refractivity contribution is 0.223. The van der Waals surface area contributed by atoms with E-state index in [1.54, 1.807) is 10.7 Å². The number of halogens is 4. The summed E-state index contributed by atoms with van der Waals surface area (Å²) in [4.78, 5) is 4.42. The molecule has 3 heterocycles. The molecule has 6 rings (SSSR count). The number of rotatable bonds is 2. The SMILES string of the molecule is Clc1ccc([C@H]2Oc3ccc(Cl)cc3C3=C2[C@H](c2ccc(Cl)cc2Cl)n2ncnc2N3)cc1. The van der Waals surface area contributed by atoms with Crippen LogP contribution < -0.4 is 10.1 Å². The van der Waals surface area contributed by atoms with Gasteiger partial charge in [0.2, 0.25) is 5.95 Å². The van der Waals surface area contributed by atoms with Crippen LogP contribution in [0.15, 0.2) is 72.6 Å². The van der Waals surface area contributed by atoms with Gasteiger partial charge in [-0.15, -0.1) is 0 Å². The van der Waals surface area contributed by atoms with Gasteiger partial charge in [0, 0.05) is 31.2 Å². The molecule has 1 N–H and O–H groups in total. The average molecular weight is 516 g/mol. The van der Waals surface area contributed by atoms with Crippen LogP contribution in [-0.2, 0) is 0 Å². The van der Waals surface area contributed by atoms with Crippen LogP contribution in [0.25, 0.3) is 5.70 Å². The van der Waals surface area contributed by atoms with E-state index in [0.717, 1.165) is 28.0 Å². The Hall–Kier alpha value is -2.70. The van der Waals surface area contributed by atoms with Crippen molar-refractivity contribution in [1.29, 1.82) is 0 Å². The van der Waals surface area contributed by atoms with Crippen LogP contribution in [0.5, 0.6) is 5.75 Å². The van der Waals surface area contributed by atoms with Crippen molar-refractivity contribution >= 4 is 58.0 Å². The molecular formula is C24H14Cl4N4O. The second-order valence-electron chi connectivity index (χ2n) is 7.74. The fourth-order valence-corrected chi connectivity index (χ4v) is 5.19. The number of benzene rings is 3. The van der Waals surface area contributed by atoms with Crippen molar-refractivity contribution in [1.82, 2.24) is 14.8 Å². The molecule has 0 amide bonds. The van der Waals surface area contributed by atoms with Crippen LogP contribution in [-0.4, -0.2) is 14.8 Å². The van der Waals surface area contributed by atoms with Crippen LogP contribution >= 0.6 is 46.4 Å². The van der Waals surface area contributed by atoms with E-state index in [4.69, 9.17) is 51.1 Å². The Bertz CT molecular complexity index is 1430. The fraction of sp³-hybridized carbons (Fsp3) is 0.0833. The van der Waals surface area contributed by atoms with Crippen molar-refractivity contribution < 1.29 is 4.74 Å². The quantitative estimate of drug-likeness (QED) is 0.301. The standard InChI is InChI=1S/C24H14Cl4N4O/c25-13-3-1-12(2-4-13)23-20-21(17-9-14(26)6-8-19(17)33-23)31-24-29-11-30-32(24)22(20)16-7-5-15(27)10-18(16)28/h1-11,22-23H,(H,29,30,31)/t22-,23+/m0/s1. The summed E-state index contributed by atoms with van der Waals surface area (Å²) in [5, 5.41) is 10.3. The van der Waals surface area contributed by atoms with Crippen LogP contribution in [0.3, 0.4) is 0 Å². The summed E-state index contributed by atoms with van der Waals surface area (Å²) in [6, 6.07) is 18.2. The molecule has 0 aliphatic carbocycles.